The Hall–Kier alpha value is -2.61. The number of aromatic nitrogens is 1. The maximum Gasteiger partial charge on any atom is 0.417 e. The fraction of sp³-hybridized carbons (Fsp3) is 0.316. The van der Waals surface area contributed by atoms with Crippen LogP contribution in [0.15, 0.2) is 35.3 Å². The molecule has 0 atom stereocenters. The maximum absolute atomic E-state index is 12.8. The summed E-state index contributed by atoms with van der Waals surface area (Å²) in [6.45, 7) is -1.36. The number of fused-ring (bicyclic) bond motifs is 1. The van der Waals surface area contributed by atoms with Crippen LogP contribution >= 0.6 is 11.6 Å². The molecule has 0 radical (unpaired) electrons. The highest BCUT2D eigenvalue weighted by atomic mass is 35.5. The topological polar surface area (TPSA) is 65.4 Å². The quantitative estimate of drug-likeness (QED) is 0.556. The molecule has 0 unspecified atom stereocenters. The first-order chi connectivity index (χ1) is 13.1. The molecule has 0 saturated heterocycles. The standard InChI is InChI=1S/C19H15ClF3NO4/c20-15-7-14(19(21,22)23)8-24(18(15)27)9-17(26)28-10-16(25)13-5-4-11-2-1-3-12(11)6-13/h4-8H,1-3,9-10H2. The number of nitrogens with zero attached hydrogens (tertiary/aromatic N) is 1. The first-order valence-corrected chi connectivity index (χ1v) is 8.81. The van der Waals surface area contributed by atoms with E-state index in [1.54, 1.807) is 12.1 Å². The Morgan fingerprint density at radius 2 is 1.86 bits per heavy atom. The van der Waals surface area contributed by atoms with E-state index in [9.17, 15) is 27.6 Å². The number of benzene rings is 1. The third-order valence-corrected chi connectivity index (χ3v) is 4.72. The number of carbonyl (C=O) groups is 2. The fourth-order valence-corrected chi connectivity index (χ4v) is 3.26. The van der Waals surface area contributed by atoms with Gasteiger partial charge in [0, 0.05) is 11.8 Å². The smallest absolute Gasteiger partial charge is 0.417 e. The van der Waals surface area contributed by atoms with E-state index < -0.39 is 47.2 Å². The predicted molar refractivity (Wildman–Crippen MR) is 94.5 cm³/mol. The molecule has 3 rings (SSSR count). The molecule has 1 aromatic carbocycles. The number of carbonyl (C=O) groups excluding carboxylic acids is 2. The van der Waals surface area contributed by atoms with Gasteiger partial charge in [-0.15, -0.1) is 0 Å². The predicted octanol–water partition coefficient (Wildman–Crippen LogP) is 3.44. The number of halogens is 4. The van der Waals surface area contributed by atoms with Gasteiger partial charge in [-0.2, -0.15) is 13.2 Å². The molecule has 5 nitrogen and oxygen atoms in total. The van der Waals surface area contributed by atoms with Gasteiger partial charge in [0.2, 0.25) is 0 Å². The highest BCUT2D eigenvalue weighted by molar-refractivity contribution is 6.30. The number of ketones is 1. The molecule has 0 amide bonds. The van der Waals surface area contributed by atoms with Crippen LogP contribution in [0.5, 0.6) is 0 Å². The molecule has 28 heavy (non-hydrogen) atoms. The summed E-state index contributed by atoms with van der Waals surface area (Å²) in [6, 6.07) is 5.76. The number of aryl methyl sites for hydroxylation is 2. The van der Waals surface area contributed by atoms with Crippen LogP contribution in [0.4, 0.5) is 13.2 Å². The number of hydrogen-bond donors (Lipinski definition) is 0. The minimum atomic E-state index is -4.73. The summed E-state index contributed by atoms with van der Waals surface area (Å²) in [7, 11) is 0. The van der Waals surface area contributed by atoms with Crippen molar-refractivity contribution in [3.8, 4) is 0 Å². The molecule has 0 spiro atoms. The van der Waals surface area contributed by atoms with Crippen LogP contribution in [0.2, 0.25) is 5.02 Å². The van der Waals surface area contributed by atoms with Crippen molar-refractivity contribution in [2.45, 2.75) is 32.0 Å². The van der Waals surface area contributed by atoms with E-state index in [1.807, 2.05) is 6.07 Å². The monoisotopic (exact) mass is 413 g/mol. The van der Waals surface area contributed by atoms with Gasteiger partial charge < -0.3 is 9.30 Å². The third-order valence-electron chi connectivity index (χ3n) is 4.45. The van der Waals surface area contributed by atoms with Crippen LogP contribution in [0.25, 0.3) is 0 Å². The molecule has 9 heteroatoms. The van der Waals surface area contributed by atoms with Gasteiger partial charge in [-0.3, -0.25) is 14.4 Å². The van der Waals surface area contributed by atoms with Gasteiger partial charge >= 0.3 is 12.1 Å². The van der Waals surface area contributed by atoms with Crippen LogP contribution in [0, 0.1) is 0 Å². The summed E-state index contributed by atoms with van der Waals surface area (Å²) in [5.41, 5.74) is 0.542. The Kier molecular flexibility index (Phi) is 5.60. The lowest BCUT2D eigenvalue weighted by Crippen LogP contribution is -2.28. The second-order valence-corrected chi connectivity index (χ2v) is 6.84. The zero-order valence-corrected chi connectivity index (χ0v) is 15.3. The van der Waals surface area contributed by atoms with E-state index in [0.29, 0.717) is 22.4 Å². The van der Waals surface area contributed by atoms with Gasteiger partial charge in [0.05, 0.1) is 5.56 Å². The summed E-state index contributed by atoms with van der Waals surface area (Å²) in [5, 5.41) is -0.670. The molecule has 0 aliphatic heterocycles. The molecule has 1 aliphatic rings. The second kappa shape index (κ2) is 7.79. The van der Waals surface area contributed by atoms with E-state index in [2.05, 4.69) is 0 Å². The number of esters is 1. The van der Waals surface area contributed by atoms with E-state index in [4.69, 9.17) is 16.3 Å². The van der Waals surface area contributed by atoms with Crippen molar-refractivity contribution in [3.63, 3.8) is 0 Å². The summed E-state index contributed by atoms with van der Waals surface area (Å²) >= 11 is 5.52. The Labute approximate surface area is 162 Å². The van der Waals surface area contributed by atoms with Crippen molar-refractivity contribution in [1.82, 2.24) is 4.57 Å². The first kappa shape index (κ1) is 20.1. The SMILES string of the molecule is O=C(Cn1cc(C(F)(F)F)cc(Cl)c1=O)OCC(=O)c1ccc2c(c1)CCC2. The number of hydrogen-bond acceptors (Lipinski definition) is 4. The van der Waals surface area contributed by atoms with E-state index in [0.717, 1.165) is 24.8 Å². The number of Topliss-reactive ketones (excluding diaryl/α,β-unsaturated/α-hetero) is 1. The van der Waals surface area contributed by atoms with Crippen LogP contribution in [-0.2, 0) is 35.1 Å². The van der Waals surface area contributed by atoms with Gasteiger partial charge in [-0.05, 0) is 42.5 Å². The summed E-state index contributed by atoms with van der Waals surface area (Å²) < 4.78 is 43.8. The van der Waals surface area contributed by atoms with Crippen molar-refractivity contribution in [3.05, 3.63) is 68.1 Å². The van der Waals surface area contributed by atoms with Crippen molar-refractivity contribution < 1.29 is 27.5 Å². The molecule has 2 aromatic rings. The van der Waals surface area contributed by atoms with Crippen molar-refractivity contribution in [1.29, 1.82) is 0 Å². The molecular weight excluding hydrogens is 399 g/mol. The normalized spacial score (nSPS) is 13.3. The number of alkyl halides is 3. The lowest BCUT2D eigenvalue weighted by Gasteiger charge is -2.11. The van der Waals surface area contributed by atoms with E-state index >= 15 is 0 Å². The Bertz CT molecular complexity index is 998. The van der Waals surface area contributed by atoms with Crippen molar-refractivity contribution >= 4 is 23.4 Å². The molecule has 0 saturated carbocycles. The van der Waals surface area contributed by atoms with Crippen LogP contribution in [0.3, 0.4) is 0 Å². The highest BCUT2D eigenvalue weighted by Crippen LogP contribution is 2.29. The molecule has 0 bridgehead atoms. The van der Waals surface area contributed by atoms with Crippen LogP contribution < -0.4 is 5.56 Å². The average Bonchev–Trinajstić information content (AvgIpc) is 3.10. The lowest BCUT2D eigenvalue weighted by atomic mass is 10.0. The molecule has 1 aliphatic carbocycles. The average molecular weight is 414 g/mol. The Morgan fingerprint density at radius 3 is 2.57 bits per heavy atom. The molecule has 1 heterocycles. The summed E-state index contributed by atoms with van der Waals surface area (Å²) in [6.07, 6.45) is -1.37. The zero-order chi connectivity index (χ0) is 20.5. The van der Waals surface area contributed by atoms with Crippen molar-refractivity contribution in [2.24, 2.45) is 0 Å². The molecule has 148 valence electrons. The number of ether oxygens (including phenoxy) is 1. The fourth-order valence-electron chi connectivity index (χ4n) is 3.03. The first-order valence-electron chi connectivity index (χ1n) is 8.43. The summed E-state index contributed by atoms with van der Waals surface area (Å²) in [5.74, 6) is -1.45. The number of pyridine rings is 1. The second-order valence-electron chi connectivity index (χ2n) is 6.43. The van der Waals surface area contributed by atoms with E-state index in [-0.39, 0.29) is 0 Å². The maximum atomic E-state index is 12.8. The Balaban J connectivity index is 1.65. The number of rotatable bonds is 5. The molecule has 0 fully saturated rings. The lowest BCUT2D eigenvalue weighted by molar-refractivity contribution is -0.144. The molecule has 0 N–H and O–H groups in total. The summed E-state index contributed by atoms with van der Waals surface area (Å²) in [4.78, 5) is 35.9. The van der Waals surface area contributed by atoms with Gasteiger partial charge in [-0.25, -0.2) is 0 Å². The minimum absolute atomic E-state index is 0.396. The van der Waals surface area contributed by atoms with Crippen LogP contribution in [-0.4, -0.2) is 22.9 Å². The van der Waals surface area contributed by atoms with Gasteiger partial charge in [-0.1, -0.05) is 23.7 Å². The van der Waals surface area contributed by atoms with Gasteiger partial charge in [0.1, 0.15) is 11.6 Å². The van der Waals surface area contributed by atoms with Gasteiger partial charge in [0.15, 0.2) is 12.4 Å². The third kappa shape index (κ3) is 4.44. The molecular formula is C19H15ClF3NO4. The highest BCUT2D eigenvalue weighted by Gasteiger charge is 2.32. The Morgan fingerprint density at radius 1 is 1.14 bits per heavy atom. The molecule has 1 aromatic heterocycles. The minimum Gasteiger partial charge on any atom is -0.456 e. The van der Waals surface area contributed by atoms with E-state index in [1.165, 1.54) is 5.56 Å². The zero-order valence-electron chi connectivity index (χ0n) is 14.5. The van der Waals surface area contributed by atoms with Crippen LogP contribution in [0.1, 0.15) is 33.5 Å². The largest absolute Gasteiger partial charge is 0.456 e. The van der Waals surface area contributed by atoms with Crippen molar-refractivity contribution in [2.75, 3.05) is 6.61 Å². The van der Waals surface area contributed by atoms with Gasteiger partial charge in [0.25, 0.3) is 5.56 Å².